The van der Waals surface area contributed by atoms with Crippen molar-refractivity contribution in [3.63, 3.8) is 0 Å². The van der Waals surface area contributed by atoms with Crippen LogP contribution in [0.1, 0.15) is 47.2 Å². The van der Waals surface area contributed by atoms with Gasteiger partial charge in [0, 0.05) is 36.4 Å². The van der Waals surface area contributed by atoms with Gasteiger partial charge in [-0.1, -0.05) is 30.3 Å². The van der Waals surface area contributed by atoms with Crippen molar-refractivity contribution in [2.45, 2.75) is 50.7 Å². The molecule has 0 aromatic heterocycles. The van der Waals surface area contributed by atoms with Gasteiger partial charge in [0.1, 0.15) is 0 Å². The molecule has 5 rings (SSSR count). The Balaban J connectivity index is 1.23. The fraction of sp³-hybridized carbons (Fsp3) is 0.417. The molecule has 0 bridgehead atoms. The van der Waals surface area contributed by atoms with Crippen LogP contribution in [0.2, 0.25) is 0 Å². The summed E-state index contributed by atoms with van der Waals surface area (Å²) in [4.78, 5) is 29.4. The first kappa shape index (κ1) is 18.4. The number of carbonyl (C=O) groups excluding carboxylic acids is 2. The summed E-state index contributed by atoms with van der Waals surface area (Å²) in [6.07, 6.45) is 5.44. The Labute approximate surface area is 171 Å². The van der Waals surface area contributed by atoms with Gasteiger partial charge in [-0.2, -0.15) is 0 Å². The number of rotatable bonds is 7. The minimum absolute atomic E-state index is 0.0148. The van der Waals surface area contributed by atoms with E-state index in [1.54, 1.807) is 0 Å². The quantitative estimate of drug-likeness (QED) is 0.792. The van der Waals surface area contributed by atoms with Crippen LogP contribution in [-0.4, -0.2) is 41.9 Å². The van der Waals surface area contributed by atoms with Crippen LogP contribution >= 0.6 is 0 Å². The number of amides is 2. The second-order valence-electron chi connectivity index (χ2n) is 8.50. The fourth-order valence-electron chi connectivity index (χ4n) is 4.10. The molecule has 0 unspecified atom stereocenters. The highest BCUT2D eigenvalue weighted by Gasteiger charge is 2.33. The van der Waals surface area contributed by atoms with Crippen LogP contribution in [0.4, 0.5) is 5.69 Å². The zero-order valence-electron chi connectivity index (χ0n) is 16.6. The molecule has 2 fully saturated rings. The number of carbonyl (C=O) groups is 2. The number of benzene rings is 2. The first-order chi connectivity index (χ1) is 14.2. The van der Waals surface area contributed by atoms with Crippen LogP contribution in [-0.2, 0) is 17.8 Å². The standard InChI is InChI=1S/C24H27N3O2/c28-23(27-14-13-18-3-1-2-4-22(18)27)16-26(21-11-12-21)15-17-5-7-19(8-6-17)24(29)25-20-9-10-20/h1-8,20-21H,9-16H2,(H,25,29). The van der Waals surface area contributed by atoms with E-state index in [0.29, 0.717) is 24.2 Å². The van der Waals surface area contributed by atoms with Crippen LogP contribution in [0.3, 0.4) is 0 Å². The maximum Gasteiger partial charge on any atom is 0.251 e. The Morgan fingerprint density at radius 3 is 2.48 bits per heavy atom. The normalized spacial score (nSPS) is 18.0. The van der Waals surface area contributed by atoms with Crippen molar-refractivity contribution in [3.8, 4) is 0 Å². The van der Waals surface area contributed by atoms with Crippen LogP contribution < -0.4 is 10.2 Å². The van der Waals surface area contributed by atoms with Gasteiger partial charge < -0.3 is 10.2 Å². The smallest absolute Gasteiger partial charge is 0.251 e. The molecule has 2 saturated carbocycles. The third-order valence-corrected chi connectivity index (χ3v) is 6.10. The van der Waals surface area contributed by atoms with E-state index in [2.05, 4.69) is 16.3 Å². The lowest BCUT2D eigenvalue weighted by atomic mass is 10.1. The first-order valence-corrected chi connectivity index (χ1v) is 10.7. The Morgan fingerprint density at radius 1 is 1.00 bits per heavy atom. The Hall–Kier alpha value is -2.66. The van der Waals surface area contributed by atoms with Crippen molar-refractivity contribution < 1.29 is 9.59 Å². The summed E-state index contributed by atoms with van der Waals surface area (Å²) in [6, 6.07) is 16.9. The third-order valence-electron chi connectivity index (χ3n) is 6.10. The molecule has 1 N–H and O–H groups in total. The number of para-hydroxylation sites is 1. The lowest BCUT2D eigenvalue weighted by Gasteiger charge is -2.25. The molecule has 5 nitrogen and oxygen atoms in total. The van der Waals surface area contributed by atoms with Crippen molar-refractivity contribution in [1.82, 2.24) is 10.2 Å². The maximum atomic E-state index is 13.0. The molecule has 1 aliphatic heterocycles. The molecular formula is C24H27N3O2. The number of hydrogen-bond donors (Lipinski definition) is 1. The molecule has 0 atom stereocenters. The number of anilines is 1. The van der Waals surface area contributed by atoms with Gasteiger partial charge in [0.15, 0.2) is 0 Å². The van der Waals surface area contributed by atoms with Crippen LogP contribution in [0.25, 0.3) is 0 Å². The predicted molar refractivity (Wildman–Crippen MR) is 113 cm³/mol. The summed E-state index contributed by atoms with van der Waals surface area (Å²) >= 11 is 0. The van der Waals surface area contributed by atoms with E-state index in [-0.39, 0.29) is 11.8 Å². The van der Waals surface area contributed by atoms with Crippen LogP contribution in [0.15, 0.2) is 48.5 Å². The highest BCUT2D eigenvalue weighted by atomic mass is 16.2. The number of nitrogens with one attached hydrogen (secondary N) is 1. The van der Waals surface area contributed by atoms with Gasteiger partial charge >= 0.3 is 0 Å². The molecule has 0 radical (unpaired) electrons. The van der Waals surface area contributed by atoms with E-state index in [9.17, 15) is 9.59 Å². The number of nitrogens with zero attached hydrogens (tertiary/aromatic N) is 2. The first-order valence-electron chi connectivity index (χ1n) is 10.7. The van der Waals surface area contributed by atoms with Crippen LogP contribution in [0.5, 0.6) is 0 Å². The van der Waals surface area contributed by atoms with Gasteiger partial charge in [-0.15, -0.1) is 0 Å². The minimum Gasteiger partial charge on any atom is -0.349 e. The molecular weight excluding hydrogens is 362 g/mol. The second-order valence-corrected chi connectivity index (χ2v) is 8.50. The largest absolute Gasteiger partial charge is 0.349 e. The number of hydrogen-bond acceptors (Lipinski definition) is 3. The molecule has 1 heterocycles. The van der Waals surface area contributed by atoms with Gasteiger partial charge in [-0.05, 0) is 61.4 Å². The molecule has 150 valence electrons. The Morgan fingerprint density at radius 2 is 1.76 bits per heavy atom. The van der Waals surface area contributed by atoms with E-state index in [4.69, 9.17) is 0 Å². The molecule has 0 saturated heterocycles. The summed E-state index contributed by atoms with van der Waals surface area (Å²) in [6.45, 7) is 1.97. The Kier molecular flexibility index (Phi) is 4.84. The van der Waals surface area contributed by atoms with E-state index in [1.807, 2.05) is 47.4 Å². The average Bonchev–Trinajstić information content (AvgIpc) is 3.66. The molecule has 2 aromatic rings. The zero-order chi connectivity index (χ0) is 19.8. The third kappa shape index (κ3) is 4.20. The number of fused-ring (bicyclic) bond motifs is 1. The predicted octanol–water partition coefficient (Wildman–Crippen LogP) is 3.13. The van der Waals surface area contributed by atoms with Gasteiger partial charge in [-0.3, -0.25) is 14.5 Å². The molecule has 3 aliphatic rings. The lowest BCUT2D eigenvalue weighted by molar-refractivity contribution is -0.119. The van der Waals surface area contributed by atoms with Gasteiger partial charge in [0.05, 0.1) is 6.54 Å². The van der Waals surface area contributed by atoms with E-state index in [0.717, 1.165) is 56.4 Å². The molecule has 2 aromatic carbocycles. The van der Waals surface area contributed by atoms with Crippen molar-refractivity contribution in [3.05, 3.63) is 65.2 Å². The second kappa shape index (κ2) is 7.64. The maximum absolute atomic E-state index is 13.0. The molecule has 29 heavy (non-hydrogen) atoms. The summed E-state index contributed by atoms with van der Waals surface area (Å²) in [7, 11) is 0. The van der Waals surface area contributed by atoms with E-state index in [1.165, 1.54) is 5.56 Å². The van der Waals surface area contributed by atoms with Gasteiger partial charge in [0.2, 0.25) is 5.91 Å². The monoisotopic (exact) mass is 389 g/mol. The van der Waals surface area contributed by atoms with E-state index >= 15 is 0 Å². The van der Waals surface area contributed by atoms with Crippen LogP contribution in [0, 0.1) is 0 Å². The van der Waals surface area contributed by atoms with Gasteiger partial charge in [-0.25, -0.2) is 0 Å². The summed E-state index contributed by atoms with van der Waals surface area (Å²) in [5.74, 6) is 0.197. The molecule has 2 amide bonds. The summed E-state index contributed by atoms with van der Waals surface area (Å²) in [5.41, 5.74) is 4.19. The SMILES string of the molecule is O=C(NC1CC1)c1ccc(CN(CC(=O)N2CCc3ccccc32)C2CC2)cc1. The molecule has 5 heteroatoms. The highest BCUT2D eigenvalue weighted by molar-refractivity contribution is 5.97. The Bertz CT molecular complexity index is 916. The molecule has 0 spiro atoms. The van der Waals surface area contributed by atoms with Crippen molar-refractivity contribution in [2.75, 3.05) is 18.0 Å². The van der Waals surface area contributed by atoms with Gasteiger partial charge in [0.25, 0.3) is 5.91 Å². The van der Waals surface area contributed by atoms with Crippen molar-refractivity contribution >= 4 is 17.5 Å². The van der Waals surface area contributed by atoms with E-state index < -0.39 is 0 Å². The topological polar surface area (TPSA) is 52.7 Å². The minimum atomic E-state index is 0.0148. The lowest BCUT2D eigenvalue weighted by Crippen LogP contribution is -2.40. The highest BCUT2D eigenvalue weighted by Crippen LogP contribution is 2.31. The molecule has 2 aliphatic carbocycles. The van der Waals surface area contributed by atoms with Crippen molar-refractivity contribution in [1.29, 1.82) is 0 Å². The summed E-state index contributed by atoms with van der Waals surface area (Å²) < 4.78 is 0. The zero-order valence-corrected chi connectivity index (χ0v) is 16.6. The summed E-state index contributed by atoms with van der Waals surface area (Å²) in [5, 5.41) is 3.02. The fourth-order valence-corrected chi connectivity index (χ4v) is 4.10. The van der Waals surface area contributed by atoms with Crippen molar-refractivity contribution in [2.24, 2.45) is 0 Å². The average molecular weight is 389 g/mol.